The molecule has 0 aromatic carbocycles. The summed E-state index contributed by atoms with van der Waals surface area (Å²) in [6.45, 7) is 3.97. The van der Waals surface area contributed by atoms with Crippen LogP contribution >= 0.6 is 0 Å². The zero-order chi connectivity index (χ0) is 12.3. The molecule has 0 fully saturated rings. The highest BCUT2D eigenvalue weighted by Gasteiger charge is 2.35. The quantitative estimate of drug-likeness (QED) is 0.712. The van der Waals surface area contributed by atoms with E-state index in [1.807, 2.05) is 0 Å². The molecule has 0 radical (unpaired) electrons. The molecule has 0 aliphatic rings. The summed E-state index contributed by atoms with van der Waals surface area (Å²) in [6.07, 6.45) is 1.42. The van der Waals surface area contributed by atoms with Crippen molar-refractivity contribution < 1.29 is 18.8 Å². The van der Waals surface area contributed by atoms with Crippen molar-refractivity contribution in [2.24, 2.45) is 5.92 Å². The first-order valence-corrected chi connectivity index (χ1v) is 5.00. The highest BCUT2D eigenvalue weighted by atomic mass is 16.3. The molecule has 86 valence electrons. The molecule has 0 aliphatic heterocycles. The van der Waals surface area contributed by atoms with Gasteiger partial charge in [0.1, 0.15) is 23.1 Å². The number of furan rings is 1. The SMILES string of the molecule is CC(=O)C(C(C)=O)C(C(C)=O)c1ccco1. The smallest absolute Gasteiger partial charge is 0.141 e. The lowest BCUT2D eigenvalue weighted by Gasteiger charge is -2.18. The molecule has 1 atom stereocenters. The number of carbonyl (C=O) groups is 3. The highest BCUT2D eigenvalue weighted by molar-refractivity contribution is 6.05. The van der Waals surface area contributed by atoms with E-state index in [1.165, 1.54) is 27.0 Å². The van der Waals surface area contributed by atoms with E-state index in [0.717, 1.165) is 0 Å². The number of Topliss-reactive ketones (excluding diaryl/α,β-unsaturated/α-hetero) is 3. The number of hydrogen-bond acceptors (Lipinski definition) is 4. The van der Waals surface area contributed by atoms with Gasteiger partial charge >= 0.3 is 0 Å². The molecule has 0 N–H and O–H groups in total. The molecule has 0 saturated carbocycles. The minimum absolute atomic E-state index is 0.245. The standard InChI is InChI=1S/C12H14O4/c1-7(13)11(8(2)14)12(9(3)15)10-5-4-6-16-10/h4-6,11-12H,1-3H3. The van der Waals surface area contributed by atoms with Crippen LogP contribution in [0.1, 0.15) is 32.4 Å². The van der Waals surface area contributed by atoms with Crippen molar-refractivity contribution in [3.05, 3.63) is 24.2 Å². The highest BCUT2D eigenvalue weighted by Crippen LogP contribution is 2.27. The van der Waals surface area contributed by atoms with E-state index in [-0.39, 0.29) is 17.3 Å². The van der Waals surface area contributed by atoms with Crippen LogP contribution < -0.4 is 0 Å². The topological polar surface area (TPSA) is 64.3 Å². The molecule has 0 spiro atoms. The summed E-state index contributed by atoms with van der Waals surface area (Å²) in [5, 5.41) is 0. The predicted molar refractivity (Wildman–Crippen MR) is 57.0 cm³/mol. The second-order valence-electron chi connectivity index (χ2n) is 3.80. The van der Waals surface area contributed by atoms with Crippen LogP contribution in [0.5, 0.6) is 0 Å². The van der Waals surface area contributed by atoms with Crippen LogP contribution in [-0.4, -0.2) is 17.3 Å². The van der Waals surface area contributed by atoms with Gasteiger partial charge in [-0.15, -0.1) is 0 Å². The number of ketones is 3. The number of rotatable bonds is 5. The summed E-state index contributed by atoms with van der Waals surface area (Å²) < 4.78 is 5.11. The van der Waals surface area contributed by atoms with E-state index in [1.54, 1.807) is 12.1 Å². The lowest BCUT2D eigenvalue weighted by molar-refractivity contribution is -0.135. The second kappa shape index (κ2) is 4.88. The van der Waals surface area contributed by atoms with Gasteiger partial charge in [-0.3, -0.25) is 14.4 Å². The number of hydrogen-bond donors (Lipinski definition) is 0. The molecule has 4 heteroatoms. The van der Waals surface area contributed by atoms with Crippen LogP contribution in [0.3, 0.4) is 0 Å². The van der Waals surface area contributed by atoms with Crippen molar-refractivity contribution in [1.82, 2.24) is 0 Å². The Bertz CT molecular complexity index is 389. The van der Waals surface area contributed by atoms with Crippen LogP contribution in [0.25, 0.3) is 0 Å². The first-order chi connectivity index (χ1) is 7.45. The predicted octanol–water partition coefficient (Wildman–Crippen LogP) is 1.75. The maximum absolute atomic E-state index is 11.5. The Kier molecular flexibility index (Phi) is 3.77. The summed E-state index contributed by atoms with van der Waals surface area (Å²) in [6, 6.07) is 3.23. The summed E-state index contributed by atoms with van der Waals surface area (Å²) >= 11 is 0. The largest absolute Gasteiger partial charge is 0.469 e. The molecule has 0 saturated heterocycles. The molecule has 1 aromatic rings. The third-order valence-corrected chi connectivity index (χ3v) is 2.50. The molecule has 4 nitrogen and oxygen atoms in total. The zero-order valence-corrected chi connectivity index (χ0v) is 9.52. The average molecular weight is 222 g/mol. The van der Waals surface area contributed by atoms with E-state index in [2.05, 4.69) is 0 Å². The third-order valence-electron chi connectivity index (χ3n) is 2.50. The average Bonchev–Trinajstić information content (AvgIpc) is 2.64. The van der Waals surface area contributed by atoms with Gasteiger partial charge in [0.2, 0.25) is 0 Å². The van der Waals surface area contributed by atoms with Crippen LogP contribution in [0, 0.1) is 5.92 Å². The van der Waals surface area contributed by atoms with Crippen molar-refractivity contribution in [2.45, 2.75) is 26.7 Å². The van der Waals surface area contributed by atoms with Crippen molar-refractivity contribution in [3.63, 3.8) is 0 Å². The summed E-state index contributed by atoms with van der Waals surface area (Å²) in [7, 11) is 0. The van der Waals surface area contributed by atoms with E-state index in [4.69, 9.17) is 4.42 Å². The van der Waals surface area contributed by atoms with E-state index < -0.39 is 11.8 Å². The van der Waals surface area contributed by atoms with Gasteiger partial charge < -0.3 is 4.42 Å². The maximum Gasteiger partial charge on any atom is 0.141 e. The minimum Gasteiger partial charge on any atom is -0.469 e. The summed E-state index contributed by atoms with van der Waals surface area (Å²) in [4.78, 5) is 34.4. The Hall–Kier alpha value is -1.71. The fraction of sp³-hybridized carbons (Fsp3) is 0.417. The fourth-order valence-electron chi connectivity index (χ4n) is 1.82. The monoisotopic (exact) mass is 222 g/mol. The van der Waals surface area contributed by atoms with Gasteiger partial charge in [0.05, 0.1) is 18.1 Å². The Morgan fingerprint density at radius 2 is 1.62 bits per heavy atom. The Balaban J connectivity index is 3.15. The molecule has 0 bridgehead atoms. The summed E-state index contributed by atoms with van der Waals surface area (Å²) in [5.74, 6) is -2.25. The third kappa shape index (κ3) is 2.45. The van der Waals surface area contributed by atoms with E-state index >= 15 is 0 Å². The zero-order valence-electron chi connectivity index (χ0n) is 9.52. The first kappa shape index (κ1) is 12.4. The van der Waals surface area contributed by atoms with Crippen molar-refractivity contribution in [1.29, 1.82) is 0 Å². The molecular weight excluding hydrogens is 208 g/mol. The molecule has 0 aliphatic carbocycles. The molecule has 16 heavy (non-hydrogen) atoms. The Morgan fingerprint density at radius 1 is 1.06 bits per heavy atom. The lowest BCUT2D eigenvalue weighted by Crippen LogP contribution is -2.30. The van der Waals surface area contributed by atoms with Crippen LogP contribution in [0.15, 0.2) is 22.8 Å². The van der Waals surface area contributed by atoms with Gasteiger partial charge in [-0.2, -0.15) is 0 Å². The van der Waals surface area contributed by atoms with Crippen molar-refractivity contribution >= 4 is 17.3 Å². The van der Waals surface area contributed by atoms with E-state index in [0.29, 0.717) is 5.76 Å². The molecule has 1 unspecified atom stereocenters. The van der Waals surface area contributed by atoms with Gasteiger partial charge in [0, 0.05) is 0 Å². The molecule has 1 aromatic heterocycles. The van der Waals surface area contributed by atoms with Gasteiger partial charge in [0.25, 0.3) is 0 Å². The van der Waals surface area contributed by atoms with E-state index in [9.17, 15) is 14.4 Å². The molecule has 1 rings (SSSR count). The van der Waals surface area contributed by atoms with Crippen LogP contribution in [0.4, 0.5) is 0 Å². The molecule has 1 heterocycles. The van der Waals surface area contributed by atoms with Gasteiger partial charge in [0.15, 0.2) is 0 Å². The Labute approximate surface area is 93.6 Å². The minimum atomic E-state index is -0.941. The first-order valence-electron chi connectivity index (χ1n) is 5.00. The fourth-order valence-corrected chi connectivity index (χ4v) is 1.82. The summed E-state index contributed by atoms with van der Waals surface area (Å²) in [5.41, 5.74) is 0. The van der Waals surface area contributed by atoms with Gasteiger partial charge in [-0.1, -0.05) is 0 Å². The number of carbonyl (C=O) groups excluding carboxylic acids is 3. The normalized spacial score (nSPS) is 12.5. The molecule has 0 amide bonds. The maximum atomic E-state index is 11.5. The van der Waals surface area contributed by atoms with Crippen LogP contribution in [0.2, 0.25) is 0 Å². The lowest BCUT2D eigenvalue weighted by atomic mass is 9.82. The van der Waals surface area contributed by atoms with Crippen molar-refractivity contribution in [2.75, 3.05) is 0 Å². The second-order valence-corrected chi connectivity index (χ2v) is 3.80. The Morgan fingerprint density at radius 3 is 1.94 bits per heavy atom. The van der Waals surface area contributed by atoms with Gasteiger partial charge in [-0.25, -0.2) is 0 Å². The van der Waals surface area contributed by atoms with Crippen LogP contribution in [-0.2, 0) is 14.4 Å². The van der Waals surface area contributed by atoms with Crippen molar-refractivity contribution in [3.8, 4) is 0 Å². The van der Waals surface area contributed by atoms with Gasteiger partial charge in [-0.05, 0) is 32.9 Å². The molecular formula is C12H14O4.